The Bertz CT molecular complexity index is 745. The van der Waals surface area contributed by atoms with Crippen molar-refractivity contribution in [2.75, 3.05) is 11.9 Å². The van der Waals surface area contributed by atoms with Crippen LogP contribution in [0, 0.1) is 26.1 Å². The zero-order valence-electron chi connectivity index (χ0n) is 12.9. The van der Waals surface area contributed by atoms with Crippen molar-refractivity contribution in [3.63, 3.8) is 0 Å². The van der Waals surface area contributed by atoms with Gasteiger partial charge in [-0.15, -0.1) is 0 Å². The van der Waals surface area contributed by atoms with E-state index in [-0.39, 0.29) is 31.0 Å². The summed E-state index contributed by atoms with van der Waals surface area (Å²) in [6.07, 6.45) is -3.00. The second kappa shape index (κ2) is 7.33. The van der Waals surface area contributed by atoms with Crippen LogP contribution in [0.25, 0.3) is 0 Å². The van der Waals surface area contributed by atoms with E-state index in [1.54, 1.807) is 0 Å². The molecule has 0 spiro atoms. The molecule has 0 fully saturated rings. The van der Waals surface area contributed by atoms with E-state index in [0.29, 0.717) is 6.42 Å². The van der Waals surface area contributed by atoms with Gasteiger partial charge >= 0.3 is 6.18 Å². The van der Waals surface area contributed by atoms with Gasteiger partial charge in [0.1, 0.15) is 0 Å². The Balaban J connectivity index is 2.22. The zero-order chi connectivity index (χ0) is 19.5. The van der Waals surface area contributed by atoms with Crippen LogP contribution in [0.2, 0.25) is 0 Å². The number of carbonyl (C=O) groups excluding carboxylic acids is 1. The van der Waals surface area contributed by atoms with E-state index in [1.165, 1.54) is 6.21 Å². The molecule has 1 amide bonds. The van der Waals surface area contributed by atoms with Crippen molar-refractivity contribution >= 4 is 29.2 Å². The summed E-state index contributed by atoms with van der Waals surface area (Å²) in [5, 5.41) is 28.1. The van der Waals surface area contributed by atoms with Gasteiger partial charge in [0.25, 0.3) is 11.4 Å². The van der Waals surface area contributed by atoms with E-state index < -0.39 is 44.6 Å². The number of amides is 1. The Morgan fingerprint density at radius 3 is 2.19 bits per heavy atom. The number of nitro groups is 2. The fourth-order valence-corrected chi connectivity index (χ4v) is 2.33. The van der Waals surface area contributed by atoms with Crippen molar-refractivity contribution in [2.45, 2.75) is 19.0 Å². The number of carbonyl (C=O) groups is 1. The summed E-state index contributed by atoms with van der Waals surface area (Å²) < 4.78 is 38.4. The van der Waals surface area contributed by atoms with E-state index in [4.69, 9.17) is 0 Å². The number of halogens is 3. The standard InChI is InChI=1S/C13H12F3N5O5/c14-13(15,16)8-4-9(20(23)24)11(10(5-8)21(25)26)17-3-1-2-7-6-18-19-12(7)22/h4-7,17H,1-3H2,(H,19,22). The molecule has 1 aliphatic heterocycles. The minimum atomic E-state index is -4.97. The van der Waals surface area contributed by atoms with Gasteiger partial charge in [-0.3, -0.25) is 25.0 Å². The zero-order valence-corrected chi connectivity index (χ0v) is 12.9. The molecule has 13 heteroatoms. The quantitative estimate of drug-likeness (QED) is 0.426. The number of rotatable bonds is 7. The molecular formula is C13H12F3N5O5. The molecule has 2 N–H and O–H groups in total. The highest BCUT2D eigenvalue weighted by atomic mass is 19.4. The van der Waals surface area contributed by atoms with Gasteiger partial charge in [-0.1, -0.05) is 0 Å². The molecule has 0 saturated heterocycles. The van der Waals surface area contributed by atoms with E-state index in [2.05, 4.69) is 15.8 Å². The van der Waals surface area contributed by atoms with Crippen LogP contribution in [0.1, 0.15) is 18.4 Å². The van der Waals surface area contributed by atoms with E-state index >= 15 is 0 Å². The average molecular weight is 375 g/mol. The fourth-order valence-electron chi connectivity index (χ4n) is 2.33. The van der Waals surface area contributed by atoms with Crippen molar-refractivity contribution in [2.24, 2.45) is 11.0 Å². The highest BCUT2D eigenvalue weighted by Gasteiger charge is 2.37. The SMILES string of the molecule is O=C1NN=CC1CCCNc1c([N+](=O)[O-])cc(C(F)(F)F)cc1[N+](=O)[O-]. The minimum Gasteiger partial charge on any atom is -0.374 e. The van der Waals surface area contributed by atoms with Gasteiger partial charge in [0.15, 0.2) is 5.69 Å². The van der Waals surface area contributed by atoms with Gasteiger partial charge in [-0.2, -0.15) is 18.3 Å². The number of nitro benzene ring substituents is 2. The topological polar surface area (TPSA) is 140 Å². The fraction of sp³-hybridized carbons (Fsp3) is 0.385. The molecule has 1 aliphatic rings. The van der Waals surface area contributed by atoms with Crippen LogP contribution in [0.3, 0.4) is 0 Å². The van der Waals surface area contributed by atoms with Crippen LogP contribution < -0.4 is 10.7 Å². The lowest BCUT2D eigenvalue weighted by atomic mass is 10.0. The first-order valence-corrected chi connectivity index (χ1v) is 7.22. The van der Waals surface area contributed by atoms with Gasteiger partial charge in [0.05, 0.1) is 21.3 Å². The van der Waals surface area contributed by atoms with Crippen LogP contribution in [0.4, 0.5) is 30.2 Å². The number of nitrogens with zero attached hydrogens (tertiary/aromatic N) is 3. The van der Waals surface area contributed by atoms with E-state index in [0.717, 1.165) is 0 Å². The molecule has 1 heterocycles. The number of nitrogens with one attached hydrogen (secondary N) is 2. The number of hydrazone groups is 1. The highest BCUT2D eigenvalue weighted by Crippen LogP contribution is 2.41. The molecule has 1 unspecified atom stereocenters. The molecule has 0 bridgehead atoms. The summed E-state index contributed by atoms with van der Waals surface area (Å²) in [6, 6.07) is 0.485. The van der Waals surface area contributed by atoms with Crippen LogP contribution in [-0.2, 0) is 11.0 Å². The van der Waals surface area contributed by atoms with Gasteiger partial charge in [-0.05, 0) is 12.8 Å². The van der Waals surface area contributed by atoms with Gasteiger partial charge in [0, 0.05) is 24.9 Å². The van der Waals surface area contributed by atoms with Crippen LogP contribution in [0.5, 0.6) is 0 Å². The molecule has 2 rings (SSSR count). The molecular weight excluding hydrogens is 363 g/mol. The summed E-state index contributed by atoms with van der Waals surface area (Å²) in [7, 11) is 0. The molecule has 0 aliphatic carbocycles. The Hall–Kier alpha value is -3.25. The van der Waals surface area contributed by atoms with Crippen molar-refractivity contribution in [1.82, 2.24) is 5.43 Å². The number of alkyl halides is 3. The minimum absolute atomic E-state index is 0.0232. The van der Waals surface area contributed by atoms with Gasteiger partial charge in [-0.25, -0.2) is 5.43 Å². The smallest absolute Gasteiger partial charge is 0.374 e. The van der Waals surface area contributed by atoms with E-state index in [1.807, 2.05) is 0 Å². The number of hydrogen-bond donors (Lipinski definition) is 2. The van der Waals surface area contributed by atoms with Crippen molar-refractivity contribution < 1.29 is 27.8 Å². The lowest BCUT2D eigenvalue weighted by Gasteiger charge is -2.12. The highest BCUT2D eigenvalue weighted by molar-refractivity contribution is 5.97. The molecule has 0 radical (unpaired) electrons. The largest absolute Gasteiger partial charge is 0.416 e. The number of benzene rings is 1. The lowest BCUT2D eigenvalue weighted by molar-refractivity contribution is -0.392. The van der Waals surface area contributed by atoms with E-state index in [9.17, 15) is 38.2 Å². The predicted molar refractivity (Wildman–Crippen MR) is 82.6 cm³/mol. The maximum absolute atomic E-state index is 12.8. The van der Waals surface area contributed by atoms with Crippen molar-refractivity contribution in [3.8, 4) is 0 Å². The first-order chi connectivity index (χ1) is 12.1. The second-order valence-electron chi connectivity index (χ2n) is 5.33. The van der Waals surface area contributed by atoms with Gasteiger partial charge < -0.3 is 5.32 Å². The molecule has 1 atom stereocenters. The molecule has 26 heavy (non-hydrogen) atoms. The molecule has 10 nitrogen and oxygen atoms in total. The Labute approximate surface area is 143 Å². The average Bonchev–Trinajstić information content (AvgIpc) is 2.94. The van der Waals surface area contributed by atoms with Crippen LogP contribution in [0.15, 0.2) is 17.2 Å². The van der Waals surface area contributed by atoms with Crippen LogP contribution in [-0.4, -0.2) is 28.5 Å². The normalized spacial score (nSPS) is 16.4. The summed E-state index contributed by atoms with van der Waals surface area (Å²) in [6.45, 7) is -0.0232. The molecule has 1 aromatic carbocycles. The third-order valence-electron chi connectivity index (χ3n) is 3.58. The third kappa shape index (κ3) is 4.23. The Morgan fingerprint density at radius 1 is 1.19 bits per heavy atom. The third-order valence-corrected chi connectivity index (χ3v) is 3.58. The second-order valence-corrected chi connectivity index (χ2v) is 5.33. The monoisotopic (exact) mass is 375 g/mol. The van der Waals surface area contributed by atoms with Crippen molar-refractivity contribution in [3.05, 3.63) is 37.9 Å². The summed E-state index contributed by atoms with van der Waals surface area (Å²) in [4.78, 5) is 31.2. The van der Waals surface area contributed by atoms with Crippen molar-refractivity contribution in [1.29, 1.82) is 0 Å². The maximum Gasteiger partial charge on any atom is 0.416 e. The number of hydrogen-bond acceptors (Lipinski definition) is 7. The number of anilines is 1. The molecule has 0 aromatic heterocycles. The van der Waals surface area contributed by atoms with Gasteiger partial charge in [0.2, 0.25) is 5.91 Å². The Morgan fingerprint density at radius 2 is 1.77 bits per heavy atom. The summed E-state index contributed by atoms with van der Waals surface area (Å²) in [5.41, 5.74) is -1.98. The summed E-state index contributed by atoms with van der Waals surface area (Å²) in [5.74, 6) is -0.814. The molecule has 1 aromatic rings. The maximum atomic E-state index is 12.8. The lowest BCUT2D eigenvalue weighted by Crippen LogP contribution is -2.20. The molecule has 0 saturated carbocycles. The first kappa shape index (κ1) is 19.1. The summed E-state index contributed by atoms with van der Waals surface area (Å²) >= 11 is 0. The first-order valence-electron chi connectivity index (χ1n) is 7.22. The Kier molecular flexibility index (Phi) is 5.38. The molecule has 140 valence electrons. The predicted octanol–water partition coefficient (Wildman–Crippen LogP) is 2.45. The van der Waals surface area contributed by atoms with Crippen LogP contribution >= 0.6 is 0 Å².